The number of hydrogen-bond donors (Lipinski definition) is 3. The molecule has 0 aliphatic carbocycles. The Morgan fingerprint density at radius 3 is 3.00 bits per heavy atom. The van der Waals surface area contributed by atoms with Gasteiger partial charge in [0.25, 0.3) is 0 Å². The van der Waals surface area contributed by atoms with E-state index in [2.05, 4.69) is 14.9 Å². The molecule has 1 aromatic carbocycles. The molecule has 1 aromatic heterocycles. The van der Waals surface area contributed by atoms with E-state index >= 15 is 0 Å². The lowest BCUT2D eigenvalue weighted by atomic mass is 10.0. The van der Waals surface area contributed by atoms with Gasteiger partial charge in [-0.2, -0.15) is 9.98 Å². The van der Waals surface area contributed by atoms with Crippen molar-refractivity contribution in [3.8, 4) is 0 Å². The standard InChI is InChI=1S/C22H25F2N7O/c1-30(16-4-2-8-31(13-16)12-14-6-7-15(23)10-17(14)24)20-11-19(28-22(26)29-20)27-21(25)18-5-3-9-32-18/h3,5-7,9-11,16H,2,4,8,12-13H2,1H3,(H4,25,26,27,28,29)/p+1. The molecule has 1 unspecified atom stereocenters. The zero-order chi connectivity index (χ0) is 22.7. The van der Waals surface area contributed by atoms with Gasteiger partial charge in [0.2, 0.25) is 5.82 Å². The van der Waals surface area contributed by atoms with E-state index in [1.807, 2.05) is 11.9 Å². The van der Waals surface area contributed by atoms with E-state index in [4.69, 9.17) is 15.6 Å². The van der Waals surface area contributed by atoms with Gasteiger partial charge in [-0.05, 0) is 37.6 Å². The van der Waals surface area contributed by atoms with Gasteiger partial charge in [-0.1, -0.05) is 6.07 Å². The number of likely N-dealkylation sites (tertiary alicyclic amines) is 1. The number of aliphatic imine (C=N–C) groups is 2. The van der Waals surface area contributed by atoms with Crippen LogP contribution in [0, 0.1) is 17.0 Å². The molecule has 1 atom stereocenters. The Balaban J connectivity index is 1.46. The molecule has 2 aliphatic rings. The maximum atomic E-state index is 14.1. The van der Waals surface area contributed by atoms with Crippen LogP contribution in [0.5, 0.6) is 0 Å². The van der Waals surface area contributed by atoms with Crippen LogP contribution in [-0.4, -0.2) is 53.6 Å². The minimum Gasteiger partial charge on any atom is -0.461 e. The first-order valence-electron chi connectivity index (χ1n) is 10.4. The summed E-state index contributed by atoms with van der Waals surface area (Å²) >= 11 is 0. The molecule has 2 aliphatic heterocycles. The van der Waals surface area contributed by atoms with E-state index in [1.165, 1.54) is 23.7 Å². The molecule has 1 fully saturated rings. The van der Waals surface area contributed by atoms with Gasteiger partial charge in [0.15, 0.2) is 11.6 Å². The number of benzene rings is 1. The summed E-state index contributed by atoms with van der Waals surface area (Å²) in [5.41, 5.74) is 6.48. The third-order valence-corrected chi connectivity index (χ3v) is 5.62. The van der Waals surface area contributed by atoms with Gasteiger partial charge in [0, 0.05) is 37.8 Å². The number of amidine groups is 2. The summed E-state index contributed by atoms with van der Waals surface area (Å²) in [4.78, 5) is 12.9. The van der Waals surface area contributed by atoms with Crippen LogP contribution in [0.3, 0.4) is 0 Å². The summed E-state index contributed by atoms with van der Waals surface area (Å²) in [6.45, 7) is 1.95. The number of likely N-dealkylation sites (N-methyl/N-ethyl adjacent to an activating group) is 1. The van der Waals surface area contributed by atoms with E-state index in [1.54, 1.807) is 18.2 Å². The number of quaternary nitrogens is 1. The Kier molecular flexibility index (Phi) is 6.42. The molecule has 2 aromatic rings. The summed E-state index contributed by atoms with van der Waals surface area (Å²) in [7, 11) is 1.93. The van der Waals surface area contributed by atoms with E-state index in [0.29, 0.717) is 36.1 Å². The Hall–Kier alpha value is -3.37. The van der Waals surface area contributed by atoms with Crippen molar-refractivity contribution >= 4 is 17.6 Å². The smallest absolute Gasteiger partial charge is 0.326 e. The van der Waals surface area contributed by atoms with E-state index in [-0.39, 0.29) is 17.8 Å². The summed E-state index contributed by atoms with van der Waals surface area (Å²) in [6.07, 6.45) is 5.18. The van der Waals surface area contributed by atoms with E-state index < -0.39 is 11.6 Å². The third-order valence-electron chi connectivity index (χ3n) is 5.62. The fraction of sp³-hybridized carbons (Fsp3) is 0.318. The molecule has 0 amide bonds. The number of hydrogen-bond acceptors (Lipinski definition) is 5. The van der Waals surface area contributed by atoms with Gasteiger partial charge >= 0.3 is 5.96 Å². The maximum Gasteiger partial charge on any atom is 0.326 e. The minimum absolute atomic E-state index is 0.0846. The number of furan rings is 1. The highest BCUT2D eigenvalue weighted by molar-refractivity contribution is 6.02. The normalized spacial score (nSPS) is 20.2. The lowest BCUT2D eigenvalue weighted by Crippen LogP contribution is -2.86. The zero-order valence-electron chi connectivity index (χ0n) is 17.8. The molecule has 3 heterocycles. The molecule has 5 N–H and O–H groups in total. The first kappa shape index (κ1) is 21.8. The zero-order valence-corrected chi connectivity index (χ0v) is 17.8. The Morgan fingerprint density at radius 2 is 2.25 bits per heavy atom. The SMILES string of the molecule is CN(C1=NC(=N)[NH2+]C(/N=C(\N)c2ccco2)=C1)C1CCCN(Cc2ccc(F)cc2F)C1. The average Bonchev–Trinajstić information content (AvgIpc) is 3.30. The van der Waals surface area contributed by atoms with Crippen LogP contribution in [-0.2, 0) is 6.54 Å². The molecule has 8 nitrogen and oxygen atoms in total. The first-order valence-corrected chi connectivity index (χ1v) is 10.4. The van der Waals surface area contributed by atoms with E-state index in [9.17, 15) is 8.78 Å². The molecular formula is C22H26F2N7O+. The van der Waals surface area contributed by atoms with Crippen molar-refractivity contribution in [2.75, 3.05) is 20.1 Å². The van der Waals surface area contributed by atoms with E-state index in [0.717, 1.165) is 25.5 Å². The van der Waals surface area contributed by atoms with Crippen LogP contribution in [0.4, 0.5) is 8.78 Å². The largest absolute Gasteiger partial charge is 0.461 e. The van der Waals surface area contributed by atoms with Crippen molar-refractivity contribution in [3.05, 3.63) is 71.5 Å². The molecular weight excluding hydrogens is 416 g/mol. The highest BCUT2D eigenvalue weighted by Gasteiger charge is 2.28. The van der Waals surface area contributed by atoms with Crippen LogP contribution in [0.15, 0.2) is 62.9 Å². The van der Waals surface area contributed by atoms with Crippen molar-refractivity contribution in [1.82, 2.24) is 9.80 Å². The van der Waals surface area contributed by atoms with Crippen LogP contribution in [0.2, 0.25) is 0 Å². The van der Waals surface area contributed by atoms with Crippen LogP contribution in [0.1, 0.15) is 24.2 Å². The topological polar surface area (TPSA) is 111 Å². The quantitative estimate of drug-likeness (QED) is 0.483. The van der Waals surface area contributed by atoms with Gasteiger partial charge < -0.3 is 15.1 Å². The lowest BCUT2D eigenvalue weighted by Gasteiger charge is -2.38. The average molecular weight is 442 g/mol. The third kappa shape index (κ3) is 5.09. The van der Waals surface area contributed by atoms with Gasteiger partial charge in [0.05, 0.1) is 12.3 Å². The van der Waals surface area contributed by atoms with Crippen molar-refractivity contribution in [1.29, 1.82) is 5.41 Å². The summed E-state index contributed by atoms with van der Waals surface area (Å²) in [6, 6.07) is 7.27. The van der Waals surface area contributed by atoms with Crippen molar-refractivity contribution < 1.29 is 18.5 Å². The predicted molar refractivity (Wildman–Crippen MR) is 117 cm³/mol. The number of nitrogens with two attached hydrogens (primary N) is 2. The molecule has 10 heteroatoms. The summed E-state index contributed by atoms with van der Waals surface area (Å²) in [5, 5.41) is 9.62. The fourth-order valence-electron chi connectivity index (χ4n) is 3.93. The first-order chi connectivity index (χ1) is 15.4. The second-order valence-corrected chi connectivity index (χ2v) is 7.92. The van der Waals surface area contributed by atoms with Crippen LogP contribution < -0.4 is 11.1 Å². The Labute approximate surface area is 184 Å². The number of rotatable bonds is 5. The molecule has 4 rings (SSSR count). The van der Waals surface area contributed by atoms with Gasteiger partial charge in [0.1, 0.15) is 17.5 Å². The minimum atomic E-state index is -0.574. The second kappa shape index (κ2) is 9.41. The molecule has 32 heavy (non-hydrogen) atoms. The molecule has 0 radical (unpaired) electrons. The molecule has 168 valence electrons. The highest BCUT2D eigenvalue weighted by Crippen LogP contribution is 2.20. The maximum absolute atomic E-state index is 14.1. The molecule has 0 spiro atoms. The Bertz CT molecular complexity index is 1080. The van der Waals surface area contributed by atoms with Crippen molar-refractivity contribution in [3.63, 3.8) is 0 Å². The van der Waals surface area contributed by atoms with Gasteiger partial charge in [-0.25, -0.2) is 19.5 Å². The number of piperidine rings is 1. The van der Waals surface area contributed by atoms with Crippen LogP contribution in [0.25, 0.3) is 0 Å². The summed E-state index contributed by atoms with van der Waals surface area (Å²) < 4.78 is 32.5. The predicted octanol–water partition coefficient (Wildman–Crippen LogP) is 1.61. The fourth-order valence-corrected chi connectivity index (χ4v) is 3.93. The van der Waals surface area contributed by atoms with Gasteiger partial charge in [-0.15, -0.1) is 0 Å². The molecule has 0 bridgehead atoms. The Morgan fingerprint density at radius 1 is 1.41 bits per heavy atom. The molecule has 1 saturated heterocycles. The molecule has 0 saturated carbocycles. The monoisotopic (exact) mass is 442 g/mol. The highest BCUT2D eigenvalue weighted by atomic mass is 19.1. The van der Waals surface area contributed by atoms with Crippen molar-refractivity contribution in [2.45, 2.75) is 25.4 Å². The summed E-state index contributed by atoms with van der Waals surface area (Å²) in [5.74, 6) is 0.792. The number of guanidine groups is 1. The lowest BCUT2D eigenvalue weighted by molar-refractivity contribution is -0.488. The second-order valence-electron chi connectivity index (χ2n) is 7.92. The number of nitrogens with one attached hydrogen (secondary N) is 1. The number of halogens is 2. The van der Waals surface area contributed by atoms with Crippen molar-refractivity contribution in [2.24, 2.45) is 15.7 Å². The van der Waals surface area contributed by atoms with Crippen LogP contribution >= 0.6 is 0 Å². The number of nitrogens with zero attached hydrogens (tertiary/aromatic N) is 4. The van der Waals surface area contributed by atoms with Gasteiger partial charge in [-0.3, -0.25) is 4.90 Å².